The first-order valence-electron chi connectivity index (χ1n) is 6.27. The van der Waals surface area contributed by atoms with Gasteiger partial charge in [0.2, 0.25) is 0 Å². The molecule has 0 fully saturated rings. The molecule has 2 rings (SSSR count). The van der Waals surface area contributed by atoms with Crippen LogP contribution < -0.4 is 10.1 Å². The Kier molecular flexibility index (Phi) is 4.17. The van der Waals surface area contributed by atoms with Crippen LogP contribution in [0.15, 0.2) is 36.4 Å². The third kappa shape index (κ3) is 3.55. The van der Waals surface area contributed by atoms with E-state index in [-0.39, 0.29) is 5.82 Å². The van der Waals surface area contributed by atoms with E-state index in [1.54, 1.807) is 0 Å². The third-order valence-corrected chi connectivity index (χ3v) is 2.87. The first-order valence-corrected chi connectivity index (χ1v) is 6.27. The van der Waals surface area contributed by atoms with E-state index in [9.17, 15) is 4.39 Å². The average molecular weight is 259 g/mol. The van der Waals surface area contributed by atoms with Gasteiger partial charge in [0, 0.05) is 12.6 Å². The van der Waals surface area contributed by atoms with Gasteiger partial charge in [-0.05, 0) is 50.2 Å². The molecule has 0 unspecified atom stereocenters. The van der Waals surface area contributed by atoms with Crippen LogP contribution in [0.1, 0.15) is 16.7 Å². The van der Waals surface area contributed by atoms with Crippen molar-refractivity contribution in [1.29, 1.82) is 0 Å². The van der Waals surface area contributed by atoms with Crippen LogP contribution in [-0.2, 0) is 6.54 Å². The minimum Gasteiger partial charge on any atom is -0.457 e. The normalized spacial score (nSPS) is 10.5. The van der Waals surface area contributed by atoms with Gasteiger partial charge < -0.3 is 10.1 Å². The van der Waals surface area contributed by atoms with Crippen LogP contribution in [0.25, 0.3) is 0 Å². The van der Waals surface area contributed by atoms with Crippen LogP contribution >= 0.6 is 0 Å². The summed E-state index contributed by atoms with van der Waals surface area (Å²) in [5.41, 5.74) is 3.08. The van der Waals surface area contributed by atoms with Gasteiger partial charge >= 0.3 is 0 Å². The van der Waals surface area contributed by atoms with Crippen LogP contribution in [0.2, 0.25) is 0 Å². The molecule has 2 aromatic carbocycles. The van der Waals surface area contributed by atoms with E-state index in [1.807, 2.05) is 45.2 Å². The van der Waals surface area contributed by atoms with Gasteiger partial charge in [-0.2, -0.15) is 0 Å². The Bertz CT molecular complexity index is 581. The van der Waals surface area contributed by atoms with Crippen molar-refractivity contribution >= 4 is 0 Å². The van der Waals surface area contributed by atoms with Gasteiger partial charge in [-0.15, -0.1) is 0 Å². The van der Waals surface area contributed by atoms with Gasteiger partial charge in [-0.3, -0.25) is 0 Å². The lowest BCUT2D eigenvalue weighted by Gasteiger charge is -2.11. The second-order valence-electron chi connectivity index (χ2n) is 4.70. The van der Waals surface area contributed by atoms with Crippen LogP contribution in [0.4, 0.5) is 4.39 Å². The highest BCUT2D eigenvalue weighted by Crippen LogP contribution is 2.27. The molecule has 0 amide bonds. The molecule has 19 heavy (non-hydrogen) atoms. The van der Waals surface area contributed by atoms with E-state index in [0.29, 0.717) is 12.3 Å². The molecule has 0 aliphatic rings. The standard InChI is InChI=1S/C16H18FNO/c1-11-4-5-16(12(2)6-11)19-15-8-13(10-18-3)7-14(17)9-15/h4-9,18H,10H2,1-3H3. The molecule has 0 aliphatic heterocycles. The summed E-state index contributed by atoms with van der Waals surface area (Å²) < 4.78 is 19.3. The SMILES string of the molecule is CNCc1cc(F)cc(Oc2ccc(C)cc2C)c1. The first kappa shape index (κ1) is 13.6. The van der Waals surface area contributed by atoms with Crippen molar-refractivity contribution in [2.75, 3.05) is 7.05 Å². The lowest BCUT2D eigenvalue weighted by atomic mass is 10.1. The summed E-state index contributed by atoms with van der Waals surface area (Å²) in [4.78, 5) is 0. The lowest BCUT2D eigenvalue weighted by molar-refractivity contribution is 0.471. The Morgan fingerprint density at radius 2 is 1.89 bits per heavy atom. The van der Waals surface area contributed by atoms with Crippen molar-refractivity contribution in [2.45, 2.75) is 20.4 Å². The average Bonchev–Trinajstić information content (AvgIpc) is 2.32. The molecule has 0 saturated heterocycles. The molecule has 0 radical (unpaired) electrons. The molecule has 1 N–H and O–H groups in total. The highest BCUT2D eigenvalue weighted by Gasteiger charge is 2.05. The van der Waals surface area contributed by atoms with Gasteiger partial charge in [-0.1, -0.05) is 17.7 Å². The van der Waals surface area contributed by atoms with Crippen molar-refractivity contribution in [3.05, 3.63) is 58.9 Å². The maximum absolute atomic E-state index is 13.5. The lowest BCUT2D eigenvalue weighted by Crippen LogP contribution is -2.05. The quantitative estimate of drug-likeness (QED) is 0.897. The molecule has 0 spiro atoms. The fourth-order valence-corrected chi connectivity index (χ4v) is 2.03. The van der Waals surface area contributed by atoms with Crippen molar-refractivity contribution in [3.8, 4) is 11.5 Å². The highest BCUT2D eigenvalue weighted by molar-refractivity contribution is 5.40. The first-order chi connectivity index (χ1) is 9.08. The van der Waals surface area contributed by atoms with Gasteiger partial charge in [0.25, 0.3) is 0 Å². The van der Waals surface area contributed by atoms with Crippen molar-refractivity contribution in [1.82, 2.24) is 5.32 Å². The van der Waals surface area contributed by atoms with E-state index in [1.165, 1.54) is 17.7 Å². The Balaban J connectivity index is 2.27. The Labute approximate surface area is 113 Å². The zero-order valence-corrected chi connectivity index (χ0v) is 11.5. The third-order valence-electron chi connectivity index (χ3n) is 2.87. The largest absolute Gasteiger partial charge is 0.457 e. The molecule has 0 aromatic heterocycles. The highest BCUT2D eigenvalue weighted by atomic mass is 19.1. The van der Waals surface area contributed by atoms with Crippen molar-refractivity contribution in [3.63, 3.8) is 0 Å². The molecule has 0 saturated carbocycles. The molecule has 100 valence electrons. The number of halogens is 1. The number of ether oxygens (including phenoxy) is 1. The second-order valence-corrected chi connectivity index (χ2v) is 4.70. The Hall–Kier alpha value is -1.87. The number of benzene rings is 2. The monoisotopic (exact) mass is 259 g/mol. The molecular formula is C16H18FNO. The van der Waals surface area contributed by atoms with E-state index in [4.69, 9.17) is 4.74 Å². The Morgan fingerprint density at radius 3 is 2.58 bits per heavy atom. The van der Waals surface area contributed by atoms with Gasteiger partial charge in [-0.25, -0.2) is 4.39 Å². The fourth-order valence-electron chi connectivity index (χ4n) is 2.03. The van der Waals surface area contributed by atoms with Gasteiger partial charge in [0.15, 0.2) is 0 Å². The topological polar surface area (TPSA) is 21.3 Å². The van der Waals surface area contributed by atoms with Gasteiger partial charge in [0.05, 0.1) is 0 Å². The summed E-state index contributed by atoms with van der Waals surface area (Å²) in [7, 11) is 1.83. The van der Waals surface area contributed by atoms with Crippen molar-refractivity contribution in [2.24, 2.45) is 0 Å². The van der Waals surface area contributed by atoms with Crippen LogP contribution in [0, 0.1) is 19.7 Å². The molecule has 2 aromatic rings. The molecule has 2 nitrogen and oxygen atoms in total. The molecule has 0 heterocycles. The number of hydrogen-bond donors (Lipinski definition) is 1. The summed E-state index contributed by atoms with van der Waals surface area (Å²) in [6.45, 7) is 4.63. The summed E-state index contributed by atoms with van der Waals surface area (Å²) in [6, 6.07) is 10.7. The smallest absolute Gasteiger partial charge is 0.130 e. The van der Waals surface area contributed by atoms with Crippen LogP contribution in [0.5, 0.6) is 11.5 Å². The van der Waals surface area contributed by atoms with E-state index in [2.05, 4.69) is 5.32 Å². The van der Waals surface area contributed by atoms with E-state index < -0.39 is 0 Å². The minimum absolute atomic E-state index is 0.285. The van der Waals surface area contributed by atoms with Crippen LogP contribution in [0.3, 0.4) is 0 Å². The summed E-state index contributed by atoms with van der Waals surface area (Å²) in [6.07, 6.45) is 0. The van der Waals surface area contributed by atoms with Gasteiger partial charge in [0.1, 0.15) is 17.3 Å². The fraction of sp³-hybridized carbons (Fsp3) is 0.250. The predicted molar refractivity (Wildman–Crippen MR) is 75.2 cm³/mol. The van der Waals surface area contributed by atoms with E-state index >= 15 is 0 Å². The zero-order chi connectivity index (χ0) is 13.8. The zero-order valence-electron chi connectivity index (χ0n) is 11.5. The number of rotatable bonds is 4. The second kappa shape index (κ2) is 5.85. The number of nitrogens with one attached hydrogen (secondary N) is 1. The molecule has 0 aliphatic carbocycles. The number of aryl methyl sites for hydroxylation is 2. The van der Waals surface area contributed by atoms with Crippen LogP contribution in [-0.4, -0.2) is 7.05 Å². The molecule has 0 bridgehead atoms. The predicted octanol–water partition coefficient (Wildman–Crippen LogP) is 3.95. The van der Waals surface area contributed by atoms with E-state index in [0.717, 1.165) is 16.9 Å². The summed E-state index contributed by atoms with van der Waals surface area (Å²) in [5, 5.41) is 3.00. The summed E-state index contributed by atoms with van der Waals surface area (Å²) in [5.74, 6) is 0.997. The minimum atomic E-state index is -0.285. The number of hydrogen-bond acceptors (Lipinski definition) is 2. The van der Waals surface area contributed by atoms with Crippen molar-refractivity contribution < 1.29 is 9.13 Å². The Morgan fingerprint density at radius 1 is 1.11 bits per heavy atom. The molecule has 3 heteroatoms. The summed E-state index contributed by atoms with van der Waals surface area (Å²) >= 11 is 0. The maximum Gasteiger partial charge on any atom is 0.130 e. The molecular weight excluding hydrogens is 241 g/mol. The molecule has 0 atom stereocenters. The maximum atomic E-state index is 13.5.